The quantitative estimate of drug-likeness (QED) is 0.940. The third-order valence-corrected chi connectivity index (χ3v) is 4.48. The zero-order valence-electron chi connectivity index (χ0n) is 13.5. The van der Waals surface area contributed by atoms with Crippen molar-refractivity contribution in [3.8, 4) is 0 Å². The molecule has 0 amide bonds. The number of anilines is 1. The third kappa shape index (κ3) is 2.81. The highest BCUT2D eigenvalue weighted by Gasteiger charge is 2.40. The molecule has 2 aromatic heterocycles. The summed E-state index contributed by atoms with van der Waals surface area (Å²) in [5, 5.41) is 3.13. The van der Waals surface area contributed by atoms with E-state index in [2.05, 4.69) is 28.2 Å². The van der Waals surface area contributed by atoms with E-state index in [0.717, 1.165) is 36.8 Å². The van der Waals surface area contributed by atoms with Gasteiger partial charge >= 0.3 is 0 Å². The van der Waals surface area contributed by atoms with E-state index in [1.54, 1.807) is 0 Å². The lowest BCUT2D eigenvalue weighted by Crippen LogP contribution is -2.39. The Kier molecular flexibility index (Phi) is 4.07. The van der Waals surface area contributed by atoms with Crippen LogP contribution < -0.4 is 5.32 Å². The summed E-state index contributed by atoms with van der Waals surface area (Å²) in [6.45, 7) is 6.23. The molecule has 116 valence electrons. The van der Waals surface area contributed by atoms with Crippen LogP contribution in [0.2, 0.25) is 0 Å². The van der Waals surface area contributed by atoms with Crippen LogP contribution in [0.15, 0.2) is 30.6 Å². The second kappa shape index (κ2) is 6.01. The highest BCUT2D eigenvalue weighted by molar-refractivity contribution is 5.36. The summed E-state index contributed by atoms with van der Waals surface area (Å²) in [6, 6.07) is 6.10. The summed E-state index contributed by atoms with van der Waals surface area (Å²) in [5.74, 6) is 1.80. The Labute approximate surface area is 131 Å². The Morgan fingerprint density at radius 1 is 1.36 bits per heavy atom. The molecule has 3 rings (SSSR count). The standard InChI is InChI=1S/C17H23N5/c1-13-10-15(18-3)21-16(20-13)17(2)7-5-9-22(17)12-14-6-4-8-19-11-14/h4,6,8,10-11H,5,7,9,12H2,1-3H3,(H,18,20,21). The molecule has 1 fully saturated rings. The number of aryl methyl sites for hydroxylation is 1. The summed E-state index contributed by atoms with van der Waals surface area (Å²) in [5.41, 5.74) is 2.12. The van der Waals surface area contributed by atoms with Crippen LogP contribution in [0, 0.1) is 6.92 Å². The largest absolute Gasteiger partial charge is 0.373 e. The van der Waals surface area contributed by atoms with Gasteiger partial charge in [0.25, 0.3) is 0 Å². The molecule has 5 nitrogen and oxygen atoms in total. The molecule has 2 aromatic rings. The van der Waals surface area contributed by atoms with Crippen LogP contribution in [0.3, 0.4) is 0 Å². The SMILES string of the molecule is CNc1cc(C)nc(C2(C)CCCN2Cc2cccnc2)n1. The first-order valence-corrected chi connectivity index (χ1v) is 7.80. The van der Waals surface area contributed by atoms with Crippen molar-refractivity contribution < 1.29 is 0 Å². The molecule has 0 aliphatic carbocycles. The molecule has 3 heterocycles. The lowest BCUT2D eigenvalue weighted by molar-refractivity contribution is 0.137. The lowest BCUT2D eigenvalue weighted by atomic mass is 9.97. The maximum atomic E-state index is 4.72. The van der Waals surface area contributed by atoms with Crippen molar-refractivity contribution in [1.82, 2.24) is 19.9 Å². The van der Waals surface area contributed by atoms with Crippen molar-refractivity contribution in [1.29, 1.82) is 0 Å². The molecule has 1 atom stereocenters. The van der Waals surface area contributed by atoms with Crippen LogP contribution in [-0.4, -0.2) is 33.4 Å². The second-order valence-corrected chi connectivity index (χ2v) is 6.13. The number of pyridine rings is 1. The van der Waals surface area contributed by atoms with Crippen LogP contribution in [0.5, 0.6) is 0 Å². The summed E-state index contributed by atoms with van der Waals surface area (Å²) in [4.78, 5) is 16.1. The summed E-state index contributed by atoms with van der Waals surface area (Å²) >= 11 is 0. The molecule has 5 heteroatoms. The van der Waals surface area contributed by atoms with Crippen molar-refractivity contribution in [2.75, 3.05) is 18.9 Å². The predicted molar refractivity (Wildman–Crippen MR) is 87.5 cm³/mol. The number of hydrogen-bond acceptors (Lipinski definition) is 5. The van der Waals surface area contributed by atoms with E-state index in [9.17, 15) is 0 Å². The molecule has 0 saturated carbocycles. The maximum Gasteiger partial charge on any atom is 0.150 e. The Bertz CT molecular complexity index is 643. The number of rotatable bonds is 4. The fourth-order valence-electron chi connectivity index (χ4n) is 3.18. The van der Waals surface area contributed by atoms with Gasteiger partial charge in [0.05, 0.1) is 5.54 Å². The number of nitrogens with zero attached hydrogens (tertiary/aromatic N) is 4. The number of aromatic nitrogens is 3. The van der Waals surface area contributed by atoms with Crippen LogP contribution >= 0.6 is 0 Å². The van der Waals surface area contributed by atoms with Gasteiger partial charge in [-0.25, -0.2) is 9.97 Å². The number of hydrogen-bond donors (Lipinski definition) is 1. The zero-order chi connectivity index (χ0) is 15.6. The molecule has 0 spiro atoms. The predicted octanol–water partition coefficient (Wildman–Crippen LogP) is 2.73. The van der Waals surface area contributed by atoms with E-state index >= 15 is 0 Å². The maximum absolute atomic E-state index is 4.72. The summed E-state index contributed by atoms with van der Waals surface area (Å²) in [6.07, 6.45) is 6.01. The van der Waals surface area contributed by atoms with Gasteiger partial charge in [-0.3, -0.25) is 9.88 Å². The van der Waals surface area contributed by atoms with Gasteiger partial charge in [0.2, 0.25) is 0 Å². The summed E-state index contributed by atoms with van der Waals surface area (Å²) < 4.78 is 0. The van der Waals surface area contributed by atoms with Gasteiger partial charge in [0, 0.05) is 37.7 Å². The Hall–Kier alpha value is -2.01. The smallest absolute Gasteiger partial charge is 0.150 e. The van der Waals surface area contributed by atoms with Crippen molar-refractivity contribution in [3.63, 3.8) is 0 Å². The molecule has 0 bridgehead atoms. The fraction of sp³-hybridized carbons (Fsp3) is 0.471. The average molecular weight is 297 g/mol. The van der Waals surface area contributed by atoms with Gasteiger partial charge in [0.15, 0.2) is 5.82 Å². The second-order valence-electron chi connectivity index (χ2n) is 6.13. The Morgan fingerprint density at radius 3 is 2.95 bits per heavy atom. The first kappa shape index (κ1) is 14.9. The van der Waals surface area contributed by atoms with Crippen molar-refractivity contribution in [2.45, 2.75) is 38.8 Å². The average Bonchev–Trinajstić information content (AvgIpc) is 2.90. The molecule has 1 aliphatic heterocycles. The lowest BCUT2D eigenvalue weighted by Gasteiger charge is -2.34. The van der Waals surface area contributed by atoms with E-state index in [-0.39, 0.29) is 5.54 Å². The summed E-state index contributed by atoms with van der Waals surface area (Å²) in [7, 11) is 1.90. The van der Waals surface area contributed by atoms with E-state index in [1.807, 2.05) is 38.5 Å². The Balaban J connectivity index is 1.91. The van der Waals surface area contributed by atoms with Gasteiger partial charge < -0.3 is 5.32 Å². The first-order chi connectivity index (χ1) is 10.6. The van der Waals surface area contributed by atoms with Gasteiger partial charge in [0.1, 0.15) is 5.82 Å². The molecule has 1 unspecified atom stereocenters. The van der Waals surface area contributed by atoms with Gasteiger partial charge in [-0.15, -0.1) is 0 Å². The topological polar surface area (TPSA) is 53.9 Å². The number of likely N-dealkylation sites (tertiary alicyclic amines) is 1. The molecular formula is C17H23N5. The minimum absolute atomic E-state index is 0.118. The number of nitrogens with one attached hydrogen (secondary N) is 1. The minimum atomic E-state index is -0.118. The van der Waals surface area contributed by atoms with Gasteiger partial charge in [-0.05, 0) is 44.9 Å². The molecule has 22 heavy (non-hydrogen) atoms. The highest BCUT2D eigenvalue weighted by Crippen LogP contribution is 2.38. The zero-order valence-corrected chi connectivity index (χ0v) is 13.5. The minimum Gasteiger partial charge on any atom is -0.373 e. The van der Waals surface area contributed by atoms with E-state index in [1.165, 1.54) is 12.0 Å². The first-order valence-electron chi connectivity index (χ1n) is 7.80. The molecule has 1 aliphatic rings. The monoisotopic (exact) mass is 297 g/mol. The van der Waals surface area contributed by atoms with Crippen molar-refractivity contribution in [2.24, 2.45) is 0 Å². The van der Waals surface area contributed by atoms with Crippen LogP contribution in [0.4, 0.5) is 5.82 Å². The molecule has 1 N–H and O–H groups in total. The van der Waals surface area contributed by atoms with E-state index in [0.29, 0.717) is 0 Å². The molecular weight excluding hydrogens is 274 g/mol. The van der Waals surface area contributed by atoms with Gasteiger partial charge in [-0.2, -0.15) is 0 Å². The van der Waals surface area contributed by atoms with Gasteiger partial charge in [-0.1, -0.05) is 6.07 Å². The third-order valence-electron chi connectivity index (χ3n) is 4.48. The van der Waals surface area contributed by atoms with E-state index < -0.39 is 0 Å². The highest BCUT2D eigenvalue weighted by atomic mass is 15.2. The molecule has 0 aromatic carbocycles. The molecule has 1 saturated heterocycles. The van der Waals surface area contributed by atoms with Crippen LogP contribution in [-0.2, 0) is 12.1 Å². The van der Waals surface area contributed by atoms with E-state index in [4.69, 9.17) is 9.97 Å². The Morgan fingerprint density at radius 2 is 2.23 bits per heavy atom. The fourth-order valence-corrected chi connectivity index (χ4v) is 3.18. The van der Waals surface area contributed by atoms with Crippen molar-refractivity contribution >= 4 is 5.82 Å². The molecule has 0 radical (unpaired) electrons. The normalized spacial score (nSPS) is 22.0. The van der Waals surface area contributed by atoms with Crippen LogP contribution in [0.25, 0.3) is 0 Å². The van der Waals surface area contributed by atoms with Crippen molar-refractivity contribution in [3.05, 3.63) is 47.7 Å². The van der Waals surface area contributed by atoms with Crippen LogP contribution in [0.1, 0.15) is 36.8 Å².